The summed E-state index contributed by atoms with van der Waals surface area (Å²) in [6.45, 7) is 3.05. The van der Waals surface area contributed by atoms with Crippen LogP contribution in [0.1, 0.15) is 113 Å². The van der Waals surface area contributed by atoms with Gasteiger partial charge in [0.2, 0.25) is 23.6 Å². The molecule has 7 aliphatic carbocycles. The molecule has 1 aromatic heterocycles. The number of H-pyrrole nitrogens is 1. The predicted octanol–water partition coefficient (Wildman–Crippen LogP) is 6.86. The molecule has 22 nitrogen and oxygen atoms in total. The van der Waals surface area contributed by atoms with Gasteiger partial charge < -0.3 is 55.7 Å². The lowest BCUT2D eigenvalue weighted by Gasteiger charge is -2.70. The van der Waals surface area contributed by atoms with Crippen molar-refractivity contribution >= 4 is 58.6 Å². The van der Waals surface area contributed by atoms with Gasteiger partial charge in [-0.25, -0.2) is 4.79 Å². The molecule has 4 aromatic carbocycles. The maximum atomic E-state index is 14.0. The lowest BCUT2D eigenvalue weighted by atomic mass is 9.38. The summed E-state index contributed by atoms with van der Waals surface area (Å²) in [7, 11) is 0. The molecule has 3 heterocycles. The number of hydrogen-bond acceptors (Lipinski definition) is 15. The zero-order chi connectivity index (χ0) is 62.9. The van der Waals surface area contributed by atoms with Crippen LogP contribution in [0.2, 0.25) is 0 Å². The minimum atomic E-state index is -1.44. The van der Waals surface area contributed by atoms with Gasteiger partial charge in [0.25, 0.3) is 0 Å². The third-order valence-corrected chi connectivity index (χ3v) is 20.9. The number of para-hydroxylation sites is 1. The number of rotatable bonds is 19. The summed E-state index contributed by atoms with van der Waals surface area (Å²) in [5.41, 5.74) is 5.02. The van der Waals surface area contributed by atoms with E-state index in [0.29, 0.717) is 46.7 Å². The number of nitrogens with zero attached hydrogens (tertiary/aromatic N) is 3. The largest absolute Gasteiger partial charge is 0.481 e. The summed E-state index contributed by atoms with van der Waals surface area (Å²) in [6, 6.07) is 28.1. The quantitative estimate of drug-likeness (QED) is 0.0418. The first-order chi connectivity index (χ1) is 43.2. The number of alkyl carbamates (subject to hydrolysis) is 1. The van der Waals surface area contributed by atoms with Crippen LogP contribution in [0.3, 0.4) is 0 Å². The number of aromatic amines is 1. The molecule has 0 radical (unpaired) electrons. The molecule has 9 aliphatic rings. The first-order valence-corrected chi connectivity index (χ1v) is 30.9. The fraction of sp³-hybridized carbons (Fsp3) is 0.441. The molecule has 22 heteroatoms. The molecular weight excluding hydrogens is 1150 g/mol. The Hall–Kier alpha value is -8.70. The van der Waals surface area contributed by atoms with E-state index in [-0.39, 0.29) is 72.8 Å². The van der Waals surface area contributed by atoms with Crippen LogP contribution in [-0.4, -0.2) is 121 Å². The predicted molar refractivity (Wildman–Crippen MR) is 324 cm³/mol. The molecule has 5 amide bonds. The van der Waals surface area contributed by atoms with E-state index in [4.69, 9.17) is 14.2 Å². The Balaban J connectivity index is 0.547. The van der Waals surface area contributed by atoms with Gasteiger partial charge in [-0.1, -0.05) is 104 Å². The highest BCUT2D eigenvalue weighted by molar-refractivity contribution is 6.02. The molecule has 2 aliphatic heterocycles. The second kappa shape index (κ2) is 23.3. The number of carboxylic acids is 1. The average molecular weight is 1230 g/mol. The molecule has 90 heavy (non-hydrogen) atoms. The van der Waals surface area contributed by atoms with Crippen LogP contribution in [0.15, 0.2) is 121 Å². The van der Waals surface area contributed by atoms with E-state index in [1.54, 1.807) is 47.4 Å². The summed E-state index contributed by atoms with van der Waals surface area (Å²) in [4.78, 5) is 106. The summed E-state index contributed by atoms with van der Waals surface area (Å²) in [5, 5.41) is 54.1. The molecule has 10 atom stereocenters. The number of aliphatic carboxylic acids is 1. The number of carboxylic acid groups (broad SMARTS) is 1. The molecule has 468 valence electrons. The first-order valence-electron chi connectivity index (χ1n) is 30.9. The van der Waals surface area contributed by atoms with E-state index < -0.39 is 96.1 Å². The highest BCUT2D eigenvalue weighted by atomic mass is 16.7. The highest BCUT2D eigenvalue weighted by Crippen LogP contribution is 2.71. The maximum absolute atomic E-state index is 14.0. The molecule has 5 aromatic rings. The second-order valence-corrected chi connectivity index (χ2v) is 26.5. The summed E-state index contributed by atoms with van der Waals surface area (Å²) in [6.07, 6.45) is 6.93. The minimum absolute atomic E-state index is 0.00870. The number of benzene rings is 4. The van der Waals surface area contributed by atoms with Gasteiger partial charge in [-0.15, -0.1) is 0 Å². The molecule has 6 saturated carbocycles. The number of aliphatic hydroxyl groups excluding tert-OH is 2. The Kier molecular flexibility index (Phi) is 15.6. The number of ketones is 2. The Morgan fingerprint density at radius 3 is 2.31 bits per heavy atom. The van der Waals surface area contributed by atoms with Gasteiger partial charge in [-0.05, 0) is 122 Å². The lowest BCUT2D eigenvalue weighted by molar-refractivity contribution is -0.201. The number of hydrogen-bond donors (Lipinski definition) is 8. The van der Waals surface area contributed by atoms with Crippen LogP contribution in [0.4, 0.5) is 16.2 Å². The van der Waals surface area contributed by atoms with Crippen molar-refractivity contribution in [1.29, 1.82) is 0 Å². The van der Waals surface area contributed by atoms with Gasteiger partial charge in [-0.2, -0.15) is 15.4 Å². The van der Waals surface area contributed by atoms with Crippen LogP contribution in [-0.2, 0) is 67.3 Å². The van der Waals surface area contributed by atoms with E-state index in [1.807, 2.05) is 79.7 Å². The number of fused-ring (bicyclic) bond motifs is 12. The number of nitrogens with one attached hydrogen (secondary N) is 5. The first kappa shape index (κ1) is 60.2. The van der Waals surface area contributed by atoms with Crippen LogP contribution in [0, 0.1) is 34.0 Å². The molecule has 0 unspecified atom stereocenters. The van der Waals surface area contributed by atoms with Gasteiger partial charge in [0, 0.05) is 63.9 Å². The highest BCUT2D eigenvalue weighted by Gasteiger charge is 2.76. The van der Waals surface area contributed by atoms with Gasteiger partial charge in [0.05, 0.1) is 31.0 Å². The number of ether oxygens (including phenoxy) is 3. The molecular formula is C68H72N8O14. The van der Waals surface area contributed by atoms with E-state index in [1.165, 1.54) is 0 Å². The number of aromatic nitrogens is 3. The topological polar surface area (TPSA) is 318 Å². The van der Waals surface area contributed by atoms with Crippen LogP contribution in [0.5, 0.6) is 0 Å². The molecule has 1 saturated heterocycles. The molecule has 0 spiro atoms. The Bertz CT molecular complexity index is 3790. The third kappa shape index (κ3) is 10.7. The minimum Gasteiger partial charge on any atom is -0.481 e. The third-order valence-electron chi connectivity index (χ3n) is 20.9. The normalized spacial score (nSPS) is 29.8. The SMILES string of the molecule is C[C@]12C=CC(=O)C=C1CC[C@@H]1[C@@H]2[C@@H](O)C[C@@]2(C)[C@H]1C[C@H]1O[C@@H](c3ccc(CC45CC(NC(=O)OCc6ccc(NC(=O)[C@H](CCC(=O)O)NC(=O)CNC(=O)CCC(=O)N7Cc8ccccc8-c8n[nH]nc8-c8ccccc87)cc6)(C4)C5)cc3)O[C@]12C(=O)CO. The van der Waals surface area contributed by atoms with Crippen LogP contribution >= 0.6 is 0 Å². The van der Waals surface area contributed by atoms with Gasteiger partial charge >= 0.3 is 12.1 Å². The van der Waals surface area contributed by atoms with E-state index >= 15 is 0 Å². The number of carbonyl (C=O) groups excluding carboxylic acids is 7. The number of carbonyl (C=O) groups is 8. The summed E-state index contributed by atoms with van der Waals surface area (Å²) >= 11 is 0. The number of anilines is 2. The van der Waals surface area contributed by atoms with Crippen LogP contribution in [0.25, 0.3) is 22.5 Å². The summed E-state index contributed by atoms with van der Waals surface area (Å²) in [5.74, 6) is -4.08. The molecule has 8 N–H and O–H groups in total. The summed E-state index contributed by atoms with van der Waals surface area (Å²) < 4.78 is 19.1. The Morgan fingerprint density at radius 1 is 0.856 bits per heavy atom. The van der Waals surface area contributed by atoms with Crippen molar-refractivity contribution in [2.45, 2.75) is 140 Å². The molecule has 7 fully saturated rings. The van der Waals surface area contributed by atoms with E-state index in [2.05, 4.69) is 43.6 Å². The monoisotopic (exact) mass is 1220 g/mol. The average Bonchev–Trinajstić information content (AvgIpc) is 1.25. The maximum Gasteiger partial charge on any atom is 0.407 e. The van der Waals surface area contributed by atoms with E-state index in [0.717, 1.165) is 66.4 Å². The van der Waals surface area contributed by atoms with Gasteiger partial charge in [0.15, 0.2) is 23.5 Å². The lowest BCUT2D eigenvalue weighted by Crippen LogP contribution is -2.75. The van der Waals surface area contributed by atoms with Crippen LogP contribution < -0.4 is 26.2 Å². The Morgan fingerprint density at radius 2 is 1.57 bits per heavy atom. The molecule has 14 rings (SSSR count). The van der Waals surface area contributed by atoms with Gasteiger partial charge in [0.1, 0.15) is 30.6 Å². The number of amides is 5. The number of aliphatic hydroxyl groups is 2. The van der Waals surface area contributed by atoms with E-state index in [9.17, 15) is 53.7 Å². The van der Waals surface area contributed by atoms with Crippen molar-refractivity contribution in [3.8, 4) is 22.5 Å². The second-order valence-electron chi connectivity index (χ2n) is 26.5. The smallest absolute Gasteiger partial charge is 0.407 e. The number of allylic oxidation sites excluding steroid dienone is 4. The number of Topliss-reactive ketones (excluding diaryl/α,β-unsaturated/α-hetero) is 1. The van der Waals surface area contributed by atoms with Crippen molar-refractivity contribution in [3.63, 3.8) is 0 Å². The Labute approximate surface area is 518 Å². The fourth-order valence-corrected chi connectivity index (χ4v) is 17.0. The van der Waals surface area contributed by atoms with Crippen molar-refractivity contribution in [2.75, 3.05) is 23.4 Å². The zero-order valence-electron chi connectivity index (χ0n) is 50.0. The zero-order valence-corrected chi connectivity index (χ0v) is 50.0. The van der Waals surface area contributed by atoms with Crippen molar-refractivity contribution in [1.82, 2.24) is 31.4 Å². The van der Waals surface area contributed by atoms with Crippen molar-refractivity contribution in [2.24, 2.45) is 34.0 Å². The van der Waals surface area contributed by atoms with Crippen molar-refractivity contribution in [3.05, 3.63) is 143 Å². The standard InChI is InChI=1S/C68H72N8O14/c1-64-26-25-44(78)27-42(64)17-20-46-48-28-53-68(52(80)33-77,65(48,2)30-51(79)58(46)64)90-62(89-53)40-15-11-38(12-16-40)29-66-35-67(36-66,37-66)72-63(87)88-34-39-13-18-43(19-14-39)70-61(86)49(21-24-57(84)85)71-55(82)31-69-54(81)22-23-56(83)76-32-41-7-3-4-8-45(41)59-60(74-75-73-59)47-9-5-6-10-50(47)76/h3-16,18-19,25-27,46,48-49,51,53,58,62,77,79H,17,20-24,28-37H2,1-2H3,(H,69,81)(H,70,86)(H,71,82)(H,72,87)(H,84,85)(H,73,74,75)/t46-,48-,49-,51-,53+,58+,62+,64-,65-,66?,67?,68+/m0/s1. The van der Waals surface area contributed by atoms with Gasteiger partial charge in [-0.3, -0.25) is 33.6 Å². The fourth-order valence-electron chi connectivity index (χ4n) is 17.0. The molecule has 2 bridgehead atoms. The van der Waals surface area contributed by atoms with Crippen molar-refractivity contribution < 1.29 is 67.9 Å².